The number of ether oxygens (including phenoxy) is 1. The Morgan fingerprint density at radius 1 is 1.04 bits per heavy atom. The molecule has 0 saturated carbocycles. The number of para-hydroxylation sites is 2. The van der Waals surface area contributed by atoms with Gasteiger partial charge in [-0.2, -0.15) is 4.98 Å². The van der Waals surface area contributed by atoms with Crippen LogP contribution >= 0.6 is 15.9 Å². The van der Waals surface area contributed by atoms with Crippen molar-refractivity contribution in [3.05, 3.63) is 70.8 Å². The van der Waals surface area contributed by atoms with E-state index in [9.17, 15) is 0 Å². The zero-order valence-electron chi connectivity index (χ0n) is 13.2. The van der Waals surface area contributed by atoms with Gasteiger partial charge in [0.25, 0.3) is 0 Å². The number of benzene rings is 2. The highest BCUT2D eigenvalue weighted by Gasteiger charge is 2.05. The van der Waals surface area contributed by atoms with Crippen LogP contribution in [0.1, 0.15) is 5.56 Å². The highest BCUT2D eigenvalue weighted by atomic mass is 79.9. The standard InChI is InChI=1S/C18H17BrN4O/c1-24-16-9-5-2-6-13(16)12-21-17-10-11-20-18(23-17)22-15-8-4-3-7-14(15)19/h2-11H,12H2,1H3,(H2,20,21,22,23). The number of rotatable bonds is 6. The maximum absolute atomic E-state index is 5.36. The Kier molecular flexibility index (Phi) is 5.28. The molecule has 2 aromatic carbocycles. The molecule has 0 aliphatic rings. The van der Waals surface area contributed by atoms with Gasteiger partial charge in [0.2, 0.25) is 5.95 Å². The number of anilines is 3. The summed E-state index contributed by atoms with van der Waals surface area (Å²) < 4.78 is 6.32. The number of halogens is 1. The van der Waals surface area contributed by atoms with Gasteiger partial charge in [-0.1, -0.05) is 30.3 Å². The van der Waals surface area contributed by atoms with E-state index in [-0.39, 0.29) is 0 Å². The van der Waals surface area contributed by atoms with Gasteiger partial charge in [0, 0.05) is 22.8 Å². The molecule has 1 heterocycles. The molecule has 3 rings (SSSR count). The molecule has 0 saturated heterocycles. The van der Waals surface area contributed by atoms with Crippen LogP contribution in [0.4, 0.5) is 17.5 Å². The quantitative estimate of drug-likeness (QED) is 0.649. The van der Waals surface area contributed by atoms with Gasteiger partial charge >= 0.3 is 0 Å². The third kappa shape index (κ3) is 4.02. The summed E-state index contributed by atoms with van der Waals surface area (Å²) in [5.41, 5.74) is 1.98. The van der Waals surface area contributed by atoms with Crippen molar-refractivity contribution < 1.29 is 4.74 Å². The van der Waals surface area contributed by atoms with Gasteiger partial charge in [-0.05, 0) is 40.2 Å². The molecule has 0 radical (unpaired) electrons. The van der Waals surface area contributed by atoms with Crippen LogP contribution in [0.5, 0.6) is 5.75 Å². The third-order valence-corrected chi connectivity index (χ3v) is 4.12. The van der Waals surface area contributed by atoms with E-state index >= 15 is 0 Å². The zero-order valence-corrected chi connectivity index (χ0v) is 14.7. The molecule has 5 nitrogen and oxygen atoms in total. The minimum absolute atomic E-state index is 0.534. The molecule has 122 valence electrons. The lowest BCUT2D eigenvalue weighted by Gasteiger charge is -2.11. The normalized spacial score (nSPS) is 10.2. The fraction of sp³-hybridized carbons (Fsp3) is 0.111. The van der Waals surface area contributed by atoms with E-state index in [4.69, 9.17) is 4.74 Å². The summed E-state index contributed by atoms with van der Waals surface area (Å²) in [6.07, 6.45) is 1.72. The predicted molar refractivity (Wildman–Crippen MR) is 99.8 cm³/mol. The number of nitrogens with one attached hydrogen (secondary N) is 2. The Morgan fingerprint density at radius 2 is 1.83 bits per heavy atom. The first-order valence-electron chi connectivity index (χ1n) is 7.46. The maximum Gasteiger partial charge on any atom is 0.229 e. The topological polar surface area (TPSA) is 59.1 Å². The molecule has 0 amide bonds. The van der Waals surface area contributed by atoms with Crippen molar-refractivity contribution in [2.45, 2.75) is 6.54 Å². The largest absolute Gasteiger partial charge is 0.496 e. The molecular weight excluding hydrogens is 368 g/mol. The fourth-order valence-corrected chi connectivity index (χ4v) is 2.62. The molecule has 0 unspecified atom stereocenters. The average Bonchev–Trinajstić information content (AvgIpc) is 2.62. The van der Waals surface area contributed by atoms with Crippen molar-refractivity contribution in [2.24, 2.45) is 0 Å². The Bertz CT molecular complexity index is 825. The Hall–Kier alpha value is -2.60. The van der Waals surface area contributed by atoms with Gasteiger partial charge in [0.1, 0.15) is 11.6 Å². The van der Waals surface area contributed by atoms with Crippen molar-refractivity contribution in [3.63, 3.8) is 0 Å². The number of nitrogens with zero attached hydrogens (tertiary/aromatic N) is 2. The third-order valence-electron chi connectivity index (χ3n) is 3.43. The number of aromatic nitrogens is 2. The van der Waals surface area contributed by atoms with E-state index in [0.29, 0.717) is 12.5 Å². The van der Waals surface area contributed by atoms with E-state index < -0.39 is 0 Å². The van der Waals surface area contributed by atoms with Crippen molar-refractivity contribution in [2.75, 3.05) is 17.7 Å². The lowest BCUT2D eigenvalue weighted by atomic mass is 10.2. The molecule has 0 aliphatic carbocycles. The molecule has 0 atom stereocenters. The van der Waals surface area contributed by atoms with E-state index in [1.165, 1.54) is 0 Å². The van der Waals surface area contributed by atoms with E-state index in [2.05, 4.69) is 36.5 Å². The molecule has 3 aromatic rings. The lowest BCUT2D eigenvalue weighted by molar-refractivity contribution is 0.410. The van der Waals surface area contributed by atoms with Gasteiger partial charge in [-0.3, -0.25) is 0 Å². The number of methoxy groups -OCH3 is 1. The first kappa shape index (κ1) is 16.3. The SMILES string of the molecule is COc1ccccc1CNc1ccnc(Nc2ccccc2Br)n1. The van der Waals surface area contributed by atoms with Crippen LogP contribution in [0.25, 0.3) is 0 Å². The summed E-state index contributed by atoms with van der Waals surface area (Å²) in [5.74, 6) is 2.13. The van der Waals surface area contributed by atoms with Gasteiger partial charge in [0.15, 0.2) is 0 Å². The van der Waals surface area contributed by atoms with Gasteiger partial charge < -0.3 is 15.4 Å². The second-order valence-corrected chi connectivity index (χ2v) is 5.89. The van der Waals surface area contributed by atoms with Gasteiger partial charge in [-0.25, -0.2) is 4.98 Å². The Labute approximate surface area is 149 Å². The van der Waals surface area contributed by atoms with Crippen LogP contribution < -0.4 is 15.4 Å². The van der Waals surface area contributed by atoms with Crippen LogP contribution in [0, 0.1) is 0 Å². The smallest absolute Gasteiger partial charge is 0.229 e. The fourth-order valence-electron chi connectivity index (χ4n) is 2.24. The summed E-state index contributed by atoms with van der Waals surface area (Å²) in [6, 6.07) is 17.6. The highest BCUT2D eigenvalue weighted by Crippen LogP contribution is 2.24. The second kappa shape index (κ2) is 7.79. The van der Waals surface area contributed by atoms with E-state index in [1.54, 1.807) is 13.3 Å². The van der Waals surface area contributed by atoms with Crippen molar-refractivity contribution in [1.29, 1.82) is 0 Å². The van der Waals surface area contributed by atoms with Crippen molar-refractivity contribution in [1.82, 2.24) is 9.97 Å². The molecule has 1 aromatic heterocycles. The number of hydrogen-bond acceptors (Lipinski definition) is 5. The summed E-state index contributed by atoms with van der Waals surface area (Å²) in [7, 11) is 1.67. The van der Waals surface area contributed by atoms with Gasteiger partial charge in [0.05, 0.1) is 12.8 Å². The van der Waals surface area contributed by atoms with Crippen LogP contribution in [0.2, 0.25) is 0 Å². The molecule has 6 heteroatoms. The predicted octanol–water partition coefficient (Wildman–Crippen LogP) is 4.60. The summed E-state index contributed by atoms with van der Waals surface area (Å²) in [4.78, 5) is 8.74. The summed E-state index contributed by atoms with van der Waals surface area (Å²) in [5, 5.41) is 6.49. The Morgan fingerprint density at radius 3 is 2.67 bits per heavy atom. The summed E-state index contributed by atoms with van der Waals surface area (Å²) >= 11 is 3.50. The molecule has 2 N–H and O–H groups in total. The molecule has 0 spiro atoms. The Balaban J connectivity index is 1.70. The molecule has 24 heavy (non-hydrogen) atoms. The first-order valence-corrected chi connectivity index (χ1v) is 8.26. The molecule has 0 aliphatic heterocycles. The maximum atomic E-state index is 5.36. The molecular formula is C18H17BrN4O. The highest BCUT2D eigenvalue weighted by molar-refractivity contribution is 9.10. The second-order valence-electron chi connectivity index (χ2n) is 5.04. The van der Waals surface area contributed by atoms with E-state index in [0.717, 1.165) is 27.3 Å². The average molecular weight is 385 g/mol. The van der Waals surface area contributed by atoms with Crippen molar-refractivity contribution in [3.8, 4) is 5.75 Å². The minimum Gasteiger partial charge on any atom is -0.496 e. The van der Waals surface area contributed by atoms with Crippen LogP contribution in [0.3, 0.4) is 0 Å². The van der Waals surface area contributed by atoms with Crippen LogP contribution in [-0.2, 0) is 6.54 Å². The molecule has 0 bridgehead atoms. The molecule has 0 fully saturated rings. The van der Waals surface area contributed by atoms with Crippen LogP contribution in [0.15, 0.2) is 65.3 Å². The van der Waals surface area contributed by atoms with Gasteiger partial charge in [-0.15, -0.1) is 0 Å². The minimum atomic E-state index is 0.534. The lowest BCUT2D eigenvalue weighted by Crippen LogP contribution is -2.05. The summed E-state index contributed by atoms with van der Waals surface area (Å²) in [6.45, 7) is 0.621. The first-order chi connectivity index (χ1) is 11.8. The van der Waals surface area contributed by atoms with E-state index in [1.807, 2.05) is 54.6 Å². The monoisotopic (exact) mass is 384 g/mol. The van der Waals surface area contributed by atoms with Crippen molar-refractivity contribution >= 4 is 33.4 Å². The van der Waals surface area contributed by atoms with Crippen LogP contribution in [-0.4, -0.2) is 17.1 Å². The zero-order chi connectivity index (χ0) is 16.8. The number of hydrogen-bond donors (Lipinski definition) is 2.